The number of carbonyl (C=O) groups excluding carboxylic acids is 2. The highest BCUT2D eigenvalue weighted by Gasteiger charge is 2.34. The molecule has 0 aromatic carbocycles. The van der Waals surface area contributed by atoms with Crippen LogP contribution >= 0.6 is 0 Å². The summed E-state index contributed by atoms with van der Waals surface area (Å²) in [6.07, 6.45) is 2.11. The minimum Gasteiger partial charge on any atom is -0.369 e. The van der Waals surface area contributed by atoms with Gasteiger partial charge in [0.1, 0.15) is 0 Å². The average molecular weight is 211 g/mol. The Morgan fingerprint density at radius 3 is 2.20 bits per heavy atom. The molecule has 2 aliphatic rings. The molecule has 5 nitrogen and oxygen atoms in total. The lowest BCUT2D eigenvalue weighted by Crippen LogP contribution is -2.51. The van der Waals surface area contributed by atoms with Crippen molar-refractivity contribution in [2.75, 3.05) is 32.7 Å². The van der Waals surface area contributed by atoms with Crippen LogP contribution in [0.25, 0.3) is 0 Å². The molecule has 0 aromatic rings. The molecule has 15 heavy (non-hydrogen) atoms. The first-order valence-corrected chi connectivity index (χ1v) is 5.46. The van der Waals surface area contributed by atoms with Gasteiger partial charge in [-0.2, -0.15) is 0 Å². The Morgan fingerprint density at radius 2 is 1.73 bits per heavy atom. The van der Waals surface area contributed by atoms with Gasteiger partial charge in [0, 0.05) is 32.1 Å². The average Bonchev–Trinajstić information content (AvgIpc) is 3.00. The molecule has 2 N–H and O–H groups in total. The van der Waals surface area contributed by atoms with E-state index in [4.69, 9.17) is 5.73 Å². The molecule has 84 valence electrons. The zero-order chi connectivity index (χ0) is 10.8. The van der Waals surface area contributed by atoms with Gasteiger partial charge in [-0.05, 0) is 12.8 Å². The van der Waals surface area contributed by atoms with Crippen LogP contribution in [-0.2, 0) is 9.59 Å². The summed E-state index contributed by atoms with van der Waals surface area (Å²) in [5, 5.41) is 0. The first-order chi connectivity index (χ1) is 7.16. The summed E-state index contributed by atoms with van der Waals surface area (Å²) in [5.74, 6) is 0.304. The first kappa shape index (κ1) is 10.4. The van der Waals surface area contributed by atoms with Crippen molar-refractivity contribution in [3.8, 4) is 0 Å². The normalized spacial score (nSPS) is 22.8. The summed E-state index contributed by atoms with van der Waals surface area (Å²) < 4.78 is 0. The van der Waals surface area contributed by atoms with E-state index in [2.05, 4.69) is 0 Å². The van der Waals surface area contributed by atoms with Crippen LogP contribution in [0.1, 0.15) is 12.8 Å². The van der Waals surface area contributed by atoms with E-state index in [1.165, 1.54) is 0 Å². The molecule has 1 saturated heterocycles. The van der Waals surface area contributed by atoms with E-state index in [0.717, 1.165) is 39.0 Å². The third kappa shape index (κ3) is 2.68. The zero-order valence-electron chi connectivity index (χ0n) is 8.82. The maximum atomic E-state index is 11.7. The maximum Gasteiger partial charge on any atom is 0.231 e. The van der Waals surface area contributed by atoms with E-state index < -0.39 is 0 Å². The van der Waals surface area contributed by atoms with Gasteiger partial charge in [-0.25, -0.2) is 0 Å². The molecule has 0 atom stereocenters. The van der Waals surface area contributed by atoms with E-state index >= 15 is 0 Å². The van der Waals surface area contributed by atoms with E-state index in [0.29, 0.717) is 18.4 Å². The van der Waals surface area contributed by atoms with Crippen molar-refractivity contribution in [3.63, 3.8) is 0 Å². The van der Waals surface area contributed by atoms with Crippen LogP contribution < -0.4 is 5.73 Å². The lowest BCUT2D eigenvalue weighted by Gasteiger charge is -2.34. The predicted molar refractivity (Wildman–Crippen MR) is 54.9 cm³/mol. The summed E-state index contributed by atoms with van der Waals surface area (Å²) in [6.45, 7) is 3.32. The number of rotatable bonds is 3. The van der Waals surface area contributed by atoms with Crippen LogP contribution in [0.5, 0.6) is 0 Å². The monoisotopic (exact) mass is 211 g/mol. The topological polar surface area (TPSA) is 66.6 Å². The molecule has 2 fully saturated rings. The van der Waals surface area contributed by atoms with Gasteiger partial charge in [0.25, 0.3) is 0 Å². The van der Waals surface area contributed by atoms with E-state index in [1.807, 2.05) is 9.80 Å². The highest BCUT2D eigenvalue weighted by atomic mass is 16.2. The molecule has 0 unspecified atom stereocenters. The van der Waals surface area contributed by atoms with Crippen molar-refractivity contribution < 1.29 is 9.59 Å². The first-order valence-electron chi connectivity index (χ1n) is 5.46. The molecule has 0 spiro atoms. The number of nitrogens with two attached hydrogens (primary N) is 1. The molecule has 0 radical (unpaired) electrons. The minimum absolute atomic E-state index is 0.294. The van der Waals surface area contributed by atoms with Gasteiger partial charge < -0.3 is 10.6 Å². The number of hydrogen-bond acceptors (Lipinski definition) is 3. The number of amides is 2. The summed E-state index contributed by atoms with van der Waals surface area (Å²) in [7, 11) is 0. The number of hydrogen-bond donors (Lipinski definition) is 1. The Labute approximate surface area is 89.2 Å². The SMILES string of the molecule is NC(=O)CN1CCN(C(=O)C2CC2)CC1. The Hall–Kier alpha value is -1.10. The Morgan fingerprint density at radius 1 is 1.13 bits per heavy atom. The van der Waals surface area contributed by atoms with Crippen LogP contribution in [-0.4, -0.2) is 54.3 Å². The van der Waals surface area contributed by atoms with Gasteiger partial charge >= 0.3 is 0 Å². The molecule has 1 saturated carbocycles. The van der Waals surface area contributed by atoms with Gasteiger partial charge in [0.15, 0.2) is 0 Å². The lowest BCUT2D eigenvalue weighted by molar-refractivity contribution is -0.134. The second-order valence-corrected chi connectivity index (χ2v) is 4.34. The second-order valence-electron chi connectivity index (χ2n) is 4.34. The summed E-state index contributed by atoms with van der Waals surface area (Å²) in [5.41, 5.74) is 5.11. The molecule has 1 aliphatic heterocycles. The van der Waals surface area contributed by atoms with Crippen molar-refractivity contribution in [3.05, 3.63) is 0 Å². The Bertz CT molecular complexity index is 268. The fraction of sp³-hybridized carbons (Fsp3) is 0.800. The molecule has 1 aliphatic carbocycles. The summed E-state index contributed by atoms with van der Waals surface area (Å²) >= 11 is 0. The maximum absolute atomic E-state index is 11.7. The number of carbonyl (C=O) groups is 2. The number of primary amides is 1. The van der Waals surface area contributed by atoms with E-state index in [9.17, 15) is 9.59 Å². The molecule has 0 bridgehead atoms. The van der Waals surface area contributed by atoms with Gasteiger partial charge in [-0.3, -0.25) is 14.5 Å². The molecular formula is C10H17N3O2. The Balaban J connectivity index is 1.76. The lowest BCUT2D eigenvalue weighted by atomic mass is 10.2. The summed E-state index contributed by atoms with van der Waals surface area (Å²) in [4.78, 5) is 26.3. The van der Waals surface area contributed by atoms with Crippen LogP contribution in [0.2, 0.25) is 0 Å². The fourth-order valence-electron chi connectivity index (χ4n) is 1.94. The van der Waals surface area contributed by atoms with Crippen LogP contribution in [0.15, 0.2) is 0 Å². The van der Waals surface area contributed by atoms with E-state index in [-0.39, 0.29) is 5.91 Å². The van der Waals surface area contributed by atoms with Gasteiger partial charge in [-0.1, -0.05) is 0 Å². The zero-order valence-corrected chi connectivity index (χ0v) is 8.82. The second kappa shape index (κ2) is 4.18. The van der Waals surface area contributed by atoms with Gasteiger partial charge in [-0.15, -0.1) is 0 Å². The Kier molecular flexibility index (Phi) is 2.90. The van der Waals surface area contributed by atoms with Crippen LogP contribution in [0, 0.1) is 5.92 Å². The standard InChI is InChI=1S/C10H17N3O2/c11-9(14)7-12-3-5-13(6-4-12)10(15)8-1-2-8/h8H,1-7H2,(H2,11,14). The van der Waals surface area contributed by atoms with Crippen molar-refractivity contribution in [2.24, 2.45) is 11.7 Å². The summed E-state index contributed by atoms with van der Waals surface area (Å²) in [6, 6.07) is 0. The molecule has 0 aromatic heterocycles. The quantitative estimate of drug-likeness (QED) is 0.653. The molecule has 2 rings (SSSR count). The fourth-order valence-corrected chi connectivity index (χ4v) is 1.94. The molecule has 5 heteroatoms. The third-order valence-electron chi connectivity index (χ3n) is 2.99. The predicted octanol–water partition coefficient (Wildman–Crippen LogP) is -0.974. The molecule has 2 amide bonds. The van der Waals surface area contributed by atoms with Crippen molar-refractivity contribution in [1.82, 2.24) is 9.80 Å². The van der Waals surface area contributed by atoms with Gasteiger partial charge in [0.2, 0.25) is 11.8 Å². The largest absolute Gasteiger partial charge is 0.369 e. The van der Waals surface area contributed by atoms with Crippen LogP contribution in [0.4, 0.5) is 0 Å². The molecular weight excluding hydrogens is 194 g/mol. The van der Waals surface area contributed by atoms with Crippen molar-refractivity contribution in [2.45, 2.75) is 12.8 Å². The number of piperazine rings is 1. The minimum atomic E-state index is -0.294. The highest BCUT2D eigenvalue weighted by molar-refractivity contribution is 5.81. The van der Waals surface area contributed by atoms with Crippen molar-refractivity contribution in [1.29, 1.82) is 0 Å². The third-order valence-corrected chi connectivity index (χ3v) is 2.99. The molecule has 1 heterocycles. The van der Waals surface area contributed by atoms with E-state index in [1.54, 1.807) is 0 Å². The number of nitrogens with zero attached hydrogens (tertiary/aromatic N) is 2. The van der Waals surface area contributed by atoms with Gasteiger partial charge in [0.05, 0.1) is 6.54 Å². The van der Waals surface area contributed by atoms with Crippen LogP contribution in [0.3, 0.4) is 0 Å². The van der Waals surface area contributed by atoms with Crippen molar-refractivity contribution >= 4 is 11.8 Å². The highest BCUT2D eigenvalue weighted by Crippen LogP contribution is 2.31. The smallest absolute Gasteiger partial charge is 0.231 e.